The predicted octanol–water partition coefficient (Wildman–Crippen LogP) is 1.98. The highest BCUT2D eigenvalue weighted by Gasteiger charge is 2.14. The monoisotopic (exact) mass is 269 g/mol. The van der Waals surface area contributed by atoms with Gasteiger partial charge in [-0.1, -0.05) is 0 Å². The van der Waals surface area contributed by atoms with E-state index >= 15 is 0 Å². The lowest BCUT2D eigenvalue weighted by atomic mass is 10.2. The van der Waals surface area contributed by atoms with Crippen molar-refractivity contribution in [3.63, 3.8) is 0 Å². The molecular weight excluding hydrogens is 253 g/mol. The molecule has 0 spiro atoms. The Morgan fingerprint density at radius 3 is 2.68 bits per heavy atom. The Hall–Kier alpha value is -1.95. The number of benzene rings is 1. The van der Waals surface area contributed by atoms with Crippen LogP contribution in [0.1, 0.15) is 23.7 Å². The van der Waals surface area contributed by atoms with E-state index < -0.39 is 11.8 Å². The van der Waals surface area contributed by atoms with E-state index in [2.05, 4.69) is 5.32 Å². The van der Waals surface area contributed by atoms with Crippen molar-refractivity contribution in [3.8, 4) is 0 Å². The molecule has 1 rings (SSSR count). The van der Waals surface area contributed by atoms with Crippen LogP contribution in [-0.2, 0) is 14.3 Å². The second kappa shape index (κ2) is 7.48. The molecule has 1 aromatic rings. The maximum absolute atomic E-state index is 13.5. The molecule has 0 unspecified atom stereocenters. The van der Waals surface area contributed by atoms with Gasteiger partial charge in [0.1, 0.15) is 5.82 Å². The zero-order valence-corrected chi connectivity index (χ0v) is 10.9. The van der Waals surface area contributed by atoms with Gasteiger partial charge in [-0.2, -0.15) is 0 Å². The van der Waals surface area contributed by atoms with Crippen LogP contribution in [0.25, 0.3) is 0 Å². The second-order valence-corrected chi connectivity index (χ2v) is 3.86. The fourth-order valence-electron chi connectivity index (χ4n) is 1.41. The van der Waals surface area contributed by atoms with Gasteiger partial charge in [0.25, 0.3) is 0 Å². The fraction of sp³-hybridized carbons (Fsp3) is 0.385. The average molecular weight is 269 g/mol. The maximum Gasteiger partial charge on any atom is 0.341 e. The molecule has 19 heavy (non-hydrogen) atoms. The summed E-state index contributed by atoms with van der Waals surface area (Å²) in [5, 5.41) is 2.47. The van der Waals surface area contributed by atoms with Crippen molar-refractivity contribution in [2.75, 3.05) is 25.6 Å². The van der Waals surface area contributed by atoms with Gasteiger partial charge >= 0.3 is 5.97 Å². The van der Waals surface area contributed by atoms with Crippen LogP contribution in [-0.4, -0.2) is 32.2 Å². The van der Waals surface area contributed by atoms with Crippen LogP contribution in [0.2, 0.25) is 0 Å². The molecule has 1 N–H and O–H groups in total. The normalized spacial score (nSPS) is 10.1. The summed E-state index contributed by atoms with van der Waals surface area (Å²) in [6.07, 6.45) is 0.537. The Balaban J connectivity index is 2.69. The van der Waals surface area contributed by atoms with E-state index in [1.807, 2.05) is 0 Å². The number of carbonyl (C=O) groups excluding carboxylic acids is 2. The summed E-state index contributed by atoms with van der Waals surface area (Å²) in [4.78, 5) is 22.5. The molecular formula is C13H16FNO4. The SMILES string of the molecule is COCCCOC(=O)c1cc(NC(C)=O)ccc1F. The molecule has 0 fully saturated rings. The average Bonchev–Trinajstić information content (AvgIpc) is 2.36. The second-order valence-electron chi connectivity index (χ2n) is 3.86. The lowest BCUT2D eigenvalue weighted by Crippen LogP contribution is -2.12. The number of halogens is 1. The Bertz CT molecular complexity index is 462. The predicted molar refractivity (Wildman–Crippen MR) is 67.5 cm³/mol. The summed E-state index contributed by atoms with van der Waals surface area (Å²) >= 11 is 0. The van der Waals surface area contributed by atoms with Gasteiger partial charge in [-0.15, -0.1) is 0 Å². The number of methoxy groups -OCH3 is 1. The number of nitrogens with one attached hydrogen (secondary N) is 1. The summed E-state index contributed by atoms with van der Waals surface area (Å²) in [6, 6.07) is 3.73. The topological polar surface area (TPSA) is 64.6 Å². The van der Waals surface area contributed by atoms with Gasteiger partial charge in [-0.3, -0.25) is 4.79 Å². The first-order valence-corrected chi connectivity index (χ1v) is 5.77. The van der Waals surface area contributed by atoms with E-state index in [-0.39, 0.29) is 18.1 Å². The van der Waals surface area contributed by atoms with Crippen molar-refractivity contribution < 1.29 is 23.5 Å². The number of esters is 1. The Morgan fingerprint density at radius 2 is 2.05 bits per heavy atom. The number of anilines is 1. The first-order valence-electron chi connectivity index (χ1n) is 5.77. The first-order chi connectivity index (χ1) is 9.04. The number of carbonyl (C=O) groups is 2. The fourth-order valence-corrected chi connectivity index (χ4v) is 1.41. The minimum Gasteiger partial charge on any atom is -0.462 e. The van der Waals surface area contributed by atoms with E-state index in [9.17, 15) is 14.0 Å². The smallest absolute Gasteiger partial charge is 0.341 e. The summed E-state index contributed by atoms with van der Waals surface area (Å²) in [6.45, 7) is 1.93. The van der Waals surface area contributed by atoms with E-state index in [4.69, 9.17) is 9.47 Å². The van der Waals surface area contributed by atoms with Crippen LogP contribution < -0.4 is 5.32 Å². The first kappa shape index (κ1) is 15.1. The molecule has 0 aliphatic heterocycles. The van der Waals surface area contributed by atoms with Crippen molar-refractivity contribution >= 4 is 17.6 Å². The highest BCUT2D eigenvalue weighted by molar-refractivity contribution is 5.93. The van der Waals surface area contributed by atoms with Crippen molar-refractivity contribution in [1.82, 2.24) is 0 Å². The minimum atomic E-state index is -0.763. The van der Waals surface area contributed by atoms with E-state index in [0.717, 1.165) is 6.07 Å². The standard InChI is InChI=1S/C13H16FNO4/c1-9(16)15-10-4-5-12(14)11(8-10)13(17)19-7-3-6-18-2/h4-5,8H,3,6-7H2,1-2H3,(H,15,16). The molecule has 104 valence electrons. The van der Waals surface area contributed by atoms with Crippen LogP contribution in [0.3, 0.4) is 0 Å². The van der Waals surface area contributed by atoms with Crippen molar-refractivity contribution in [3.05, 3.63) is 29.6 Å². The van der Waals surface area contributed by atoms with E-state index in [1.165, 1.54) is 19.1 Å². The summed E-state index contributed by atoms with van der Waals surface area (Å²) in [5.41, 5.74) is 0.140. The number of hydrogen-bond acceptors (Lipinski definition) is 4. The van der Waals surface area contributed by atoms with Crippen LogP contribution in [0.15, 0.2) is 18.2 Å². The van der Waals surface area contributed by atoms with Gasteiger partial charge < -0.3 is 14.8 Å². The summed E-state index contributed by atoms with van der Waals surface area (Å²) in [5.74, 6) is -1.75. The molecule has 1 amide bonds. The van der Waals surface area contributed by atoms with Gasteiger partial charge in [0.2, 0.25) is 5.91 Å². The summed E-state index contributed by atoms with van der Waals surface area (Å²) in [7, 11) is 1.54. The molecule has 0 saturated heterocycles. The third kappa shape index (κ3) is 5.05. The van der Waals surface area contributed by atoms with E-state index in [1.54, 1.807) is 7.11 Å². The van der Waals surface area contributed by atoms with Gasteiger partial charge in [0, 0.05) is 32.7 Å². The molecule has 0 aromatic heterocycles. The van der Waals surface area contributed by atoms with Crippen molar-refractivity contribution in [2.45, 2.75) is 13.3 Å². The molecule has 1 aromatic carbocycles. The molecule has 0 atom stereocenters. The highest BCUT2D eigenvalue weighted by atomic mass is 19.1. The summed E-state index contributed by atoms with van der Waals surface area (Å²) < 4.78 is 23.2. The molecule has 0 aliphatic rings. The van der Waals surface area contributed by atoms with Crippen LogP contribution in [0.5, 0.6) is 0 Å². The van der Waals surface area contributed by atoms with Crippen molar-refractivity contribution in [1.29, 1.82) is 0 Å². The van der Waals surface area contributed by atoms with Crippen LogP contribution >= 0.6 is 0 Å². The number of hydrogen-bond donors (Lipinski definition) is 1. The molecule has 0 heterocycles. The Morgan fingerprint density at radius 1 is 1.32 bits per heavy atom. The van der Waals surface area contributed by atoms with Crippen molar-refractivity contribution in [2.24, 2.45) is 0 Å². The van der Waals surface area contributed by atoms with Gasteiger partial charge in [0.05, 0.1) is 12.2 Å². The Labute approximate surface area is 110 Å². The van der Waals surface area contributed by atoms with Gasteiger partial charge in [0.15, 0.2) is 0 Å². The zero-order chi connectivity index (χ0) is 14.3. The molecule has 0 saturated carbocycles. The van der Waals surface area contributed by atoms with Crippen LogP contribution in [0, 0.1) is 5.82 Å². The third-order valence-corrected chi connectivity index (χ3v) is 2.23. The third-order valence-electron chi connectivity index (χ3n) is 2.23. The molecule has 6 heteroatoms. The van der Waals surface area contributed by atoms with Gasteiger partial charge in [-0.25, -0.2) is 9.18 Å². The molecule has 0 bridgehead atoms. The molecule has 0 radical (unpaired) electrons. The maximum atomic E-state index is 13.5. The van der Waals surface area contributed by atoms with Gasteiger partial charge in [-0.05, 0) is 18.2 Å². The number of ether oxygens (including phenoxy) is 2. The molecule has 5 nitrogen and oxygen atoms in total. The number of amides is 1. The quantitative estimate of drug-likeness (QED) is 0.633. The van der Waals surface area contributed by atoms with Crippen LogP contribution in [0.4, 0.5) is 10.1 Å². The number of rotatable bonds is 6. The lowest BCUT2D eigenvalue weighted by molar-refractivity contribution is -0.114. The Kier molecular flexibility index (Phi) is 5.95. The minimum absolute atomic E-state index is 0.149. The van der Waals surface area contributed by atoms with E-state index in [0.29, 0.717) is 18.7 Å². The largest absolute Gasteiger partial charge is 0.462 e. The zero-order valence-electron chi connectivity index (χ0n) is 10.9. The highest BCUT2D eigenvalue weighted by Crippen LogP contribution is 2.16. The lowest BCUT2D eigenvalue weighted by Gasteiger charge is -2.08. The molecule has 0 aliphatic carbocycles.